The highest BCUT2D eigenvalue weighted by atomic mass is 79.9. The Morgan fingerprint density at radius 3 is 2.50 bits per heavy atom. The van der Waals surface area contributed by atoms with Gasteiger partial charge in [-0.2, -0.15) is 0 Å². The Balaban J connectivity index is 3.07. The molecule has 0 atom stereocenters. The van der Waals surface area contributed by atoms with Crippen molar-refractivity contribution in [2.24, 2.45) is 0 Å². The fourth-order valence-electron chi connectivity index (χ4n) is 0.0794. The molecule has 6 heavy (non-hydrogen) atoms. The molecule has 0 nitrogen and oxygen atoms in total. The van der Waals surface area contributed by atoms with Crippen LogP contribution in [0.4, 0.5) is 0 Å². The Kier molecular flexibility index (Phi) is 5.58. The third-order valence-corrected chi connectivity index (χ3v) is 0.698. The van der Waals surface area contributed by atoms with Crippen molar-refractivity contribution in [1.82, 2.24) is 0 Å². The van der Waals surface area contributed by atoms with E-state index in [1.807, 2.05) is 0 Å². The van der Waals surface area contributed by atoms with Gasteiger partial charge in [0.1, 0.15) is 0 Å². The van der Waals surface area contributed by atoms with E-state index in [1.165, 1.54) is 0 Å². The molecule has 0 spiro atoms. The molecule has 0 aromatic rings. The maximum Gasteiger partial charge on any atom is -0.0807 e. The van der Waals surface area contributed by atoms with E-state index in [-0.39, 0.29) is 0 Å². The number of thiol groups is 1. The largest absolute Gasteiger partial charge is 0.264 e. The molecule has 2 heteroatoms. The van der Waals surface area contributed by atoms with E-state index < -0.39 is 0 Å². The van der Waals surface area contributed by atoms with Crippen molar-refractivity contribution in [2.45, 2.75) is 0 Å². The van der Waals surface area contributed by atoms with Crippen molar-refractivity contribution < 1.29 is 0 Å². The lowest BCUT2D eigenvalue weighted by atomic mass is 10.6. The lowest BCUT2D eigenvalue weighted by Gasteiger charge is -1.75. The predicted molar refractivity (Wildman–Crippen MR) is 34.9 cm³/mol. The van der Waals surface area contributed by atoms with Gasteiger partial charge in [0, 0.05) is 0 Å². The van der Waals surface area contributed by atoms with Crippen LogP contribution >= 0.6 is 28.6 Å². The molecule has 0 rings (SSSR count). The summed E-state index contributed by atoms with van der Waals surface area (Å²) in [5.41, 5.74) is 0. The second-order valence-electron chi connectivity index (χ2n) is 0.614. The fraction of sp³-hybridized carbons (Fsp3) is 0. The molecule has 0 unspecified atom stereocenters. The summed E-state index contributed by atoms with van der Waals surface area (Å²) in [5.74, 6) is 0. The molecule has 34 valence electrons. The average molecular weight is 164 g/mol. The summed E-state index contributed by atoms with van der Waals surface area (Å²) in [4.78, 5) is 1.73. The van der Waals surface area contributed by atoms with Gasteiger partial charge in [-0.1, -0.05) is 15.9 Å². The maximum absolute atomic E-state index is 3.68. The first kappa shape index (κ1) is 6.31. The van der Waals surface area contributed by atoms with Crippen molar-refractivity contribution >= 4 is 28.6 Å². The summed E-state index contributed by atoms with van der Waals surface area (Å²) in [6, 6.07) is 0. The summed E-state index contributed by atoms with van der Waals surface area (Å²) in [6.07, 6.45) is 3.48. The van der Waals surface area contributed by atoms with Crippen molar-refractivity contribution in [3.8, 4) is 0 Å². The van der Waals surface area contributed by atoms with E-state index in [0.717, 1.165) is 0 Å². The van der Waals surface area contributed by atoms with Crippen LogP contribution in [0, 0.1) is 5.41 Å². The van der Waals surface area contributed by atoms with E-state index >= 15 is 0 Å². The van der Waals surface area contributed by atoms with Crippen LogP contribution in [-0.2, 0) is 0 Å². The van der Waals surface area contributed by atoms with E-state index in [2.05, 4.69) is 34.0 Å². The van der Waals surface area contributed by atoms with Crippen LogP contribution in [-0.4, -0.2) is 0 Å². The van der Waals surface area contributed by atoms with Crippen molar-refractivity contribution in [3.05, 3.63) is 22.5 Å². The van der Waals surface area contributed by atoms with Gasteiger partial charge >= 0.3 is 0 Å². The quantitative estimate of drug-likeness (QED) is 0.342. The van der Waals surface area contributed by atoms with Crippen molar-refractivity contribution in [2.75, 3.05) is 0 Å². The molecule has 0 saturated heterocycles. The van der Waals surface area contributed by atoms with E-state index in [0.29, 0.717) is 0 Å². The lowest BCUT2D eigenvalue weighted by molar-refractivity contribution is 2.07. The molecule has 0 aliphatic carbocycles. The van der Waals surface area contributed by atoms with Crippen LogP contribution in [0.3, 0.4) is 0 Å². The van der Waals surface area contributed by atoms with Crippen LogP contribution in [0.15, 0.2) is 17.1 Å². The van der Waals surface area contributed by atoms with E-state index in [1.54, 1.807) is 17.1 Å². The molecular weight excluding hydrogens is 160 g/mol. The molecule has 0 aromatic heterocycles. The van der Waals surface area contributed by atoms with Gasteiger partial charge in [0.05, 0.1) is 0 Å². The van der Waals surface area contributed by atoms with E-state index in [4.69, 9.17) is 0 Å². The third-order valence-electron chi connectivity index (χ3n) is 0.243. The normalized spacial score (nSPS) is 11.7. The van der Waals surface area contributed by atoms with Crippen molar-refractivity contribution in [1.29, 1.82) is 0 Å². The highest BCUT2D eigenvalue weighted by molar-refractivity contribution is 9.11. The maximum atomic E-state index is 3.68. The summed E-state index contributed by atoms with van der Waals surface area (Å²) in [7, 11) is 0. The Bertz CT molecular complexity index is 55.9. The standard InChI is InChI=1S/C4H4BrS/c5-3-1-2-4-6/h1-3,6H/q-1. The van der Waals surface area contributed by atoms with Crippen LogP contribution < -0.4 is 0 Å². The Morgan fingerprint density at radius 1 is 1.67 bits per heavy atom. The van der Waals surface area contributed by atoms with Gasteiger partial charge in [-0.3, -0.25) is 12.6 Å². The molecule has 0 fully saturated rings. The zero-order chi connectivity index (χ0) is 4.83. The summed E-state index contributed by atoms with van der Waals surface area (Å²) in [6.45, 7) is 0. The van der Waals surface area contributed by atoms with Crippen LogP contribution in [0.2, 0.25) is 0 Å². The smallest absolute Gasteiger partial charge is 0.0807 e. The van der Waals surface area contributed by atoms with Gasteiger partial charge in [0.2, 0.25) is 0 Å². The van der Waals surface area contributed by atoms with Crippen molar-refractivity contribution in [3.63, 3.8) is 0 Å². The summed E-state index contributed by atoms with van der Waals surface area (Å²) >= 11 is 6.74. The SMILES string of the molecule is S[C-]=CC=CBr. The summed E-state index contributed by atoms with van der Waals surface area (Å²) in [5, 5.41) is 2.52. The lowest BCUT2D eigenvalue weighted by Crippen LogP contribution is -1.35. The Hall–Kier alpha value is 0.310. The predicted octanol–water partition coefficient (Wildman–Crippen LogP) is 2.14. The highest BCUT2D eigenvalue weighted by Crippen LogP contribution is 1.83. The topological polar surface area (TPSA) is 0 Å². The van der Waals surface area contributed by atoms with Gasteiger partial charge in [-0.15, -0.1) is 4.99 Å². The minimum Gasteiger partial charge on any atom is -0.264 e. The van der Waals surface area contributed by atoms with Gasteiger partial charge in [0.15, 0.2) is 0 Å². The molecule has 0 aliphatic rings. The van der Waals surface area contributed by atoms with Gasteiger partial charge < -0.3 is 0 Å². The average Bonchev–Trinajstić information content (AvgIpc) is 1.61. The Labute approximate surface area is 51.5 Å². The molecule has 0 saturated carbocycles. The number of hydrogen-bond acceptors (Lipinski definition) is 1. The van der Waals surface area contributed by atoms with Crippen LogP contribution in [0.1, 0.15) is 0 Å². The minimum absolute atomic E-state index is 1.69. The molecule has 0 aromatic carbocycles. The zero-order valence-electron chi connectivity index (χ0n) is 3.06. The molecule has 0 amide bonds. The summed E-state index contributed by atoms with van der Waals surface area (Å²) < 4.78 is 0. The Morgan fingerprint density at radius 2 is 2.33 bits per heavy atom. The third kappa shape index (κ3) is 4.31. The molecule has 0 bridgehead atoms. The molecule has 0 aliphatic heterocycles. The molecular formula is C4H4BrS-. The van der Waals surface area contributed by atoms with Crippen LogP contribution in [0.5, 0.6) is 0 Å². The first-order valence-electron chi connectivity index (χ1n) is 1.40. The van der Waals surface area contributed by atoms with Crippen LogP contribution in [0.25, 0.3) is 0 Å². The highest BCUT2D eigenvalue weighted by Gasteiger charge is 1.37. The molecule has 0 radical (unpaired) electrons. The van der Waals surface area contributed by atoms with Gasteiger partial charge in [0.25, 0.3) is 0 Å². The number of rotatable bonds is 1. The molecule has 0 heterocycles. The first-order valence-corrected chi connectivity index (χ1v) is 2.76. The fourth-order valence-corrected chi connectivity index (χ4v) is 0.318. The molecule has 0 N–H and O–H groups in total. The first-order chi connectivity index (χ1) is 2.91. The number of halogens is 1. The zero-order valence-corrected chi connectivity index (χ0v) is 5.54. The second kappa shape index (κ2) is 5.31. The number of allylic oxidation sites excluding steroid dienone is 2. The number of hydrogen-bond donors (Lipinski definition) is 1. The van der Waals surface area contributed by atoms with Gasteiger partial charge in [-0.25, -0.2) is 17.6 Å². The van der Waals surface area contributed by atoms with E-state index in [9.17, 15) is 0 Å². The minimum atomic E-state index is 1.69. The van der Waals surface area contributed by atoms with Gasteiger partial charge in [-0.05, 0) is 0 Å². The second-order valence-corrected chi connectivity index (χ2v) is 1.40. The monoisotopic (exact) mass is 163 g/mol.